The molecule has 0 fully saturated rings. The van der Waals surface area contributed by atoms with E-state index in [4.69, 9.17) is 5.73 Å². The van der Waals surface area contributed by atoms with E-state index < -0.39 is 0 Å². The molecule has 0 amide bonds. The zero-order valence-electron chi connectivity index (χ0n) is 9.96. The van der Waals surface area contributed by atoms with Gasteiger partial charge in [0.15, 0.2) is 0 Å². The van der Waals surface area contributed by atoms with Gasteiger partial charge in [0.05, 0.1) is 0 Å². The molecule has 2 aromatic rings. The Morgan fingerprint density at radius 2 is 2.12 bits per heavy atom. The summed E-state index contributed by atoms with van der Waals surface area (Å²) in [5, 5.41) is 1.07. The van der Waals surface area contributed by atoms with Crippen LogP contribution in [0, 0.1) is 13.8 Å². The fraction of sp³-hybridized carbons (Fsp3) is 0.308. The summed E-state index contributed by atoms with van der Waals surface area (Å²) < 4.78 is 0.933. The lowest BCUT2D eigenvalue weighted by Crippen LogP contribution is -2.01. The molecule has 17 heavy (non-hydrogen) atoms. The Balaban J connectivity index is 2.42. The molecule has 0 radical (unpaired) electrons. The predicted octanol–water partition coefficient (Wildman–Crippen LogP) is 3.69. The van der Waals surface area contributed by atoms with Crippen LogP contribution in [0.25, 0.3) is 10.6 Å². The molecule has 0 saturated carbocycles. The SMILES string of the molecule is Cc1ccc(-c2nc(Br)c(CCN)s2)c(C)c1. The molecule has 2 rings (SSSR count). The second-order valence-electron chi connectivity index (χ2n) is 4.09. The number of benzene rings is 1. The molecule has 0 aliphatic rings. The van der Waals surface area contributed by atoms with Gasteiger partial charge in [-0.1, -0.05) is 23.8 Å². The van der Waals surface area contributed by atoms with Crippen molar-refractivity contribution in [1.29, 1.82) is 0 Å². The molecule has 1 aromatic carbocycles. The Kier molecular flexibility index (Phi) is 3.97. The molecule has 1 heterocycles. The average Bonchev–Trinajstić information content (AvgIpc) is 2.60. The zero-order valence-corrected chi connectivity index (χ0v) is 12.4. The van der Waals surface area contributed by atoms with Gasteiger partial charge in [-0.3, -0.25) is 0 Å². The fourth-order valence-corrected chi connectivity index (χ4v) is 3.58. The monoisotopic (exact) mass is 310 g/mol. The molecule has 0 saturated heterocycles. The first kappa shape index (κ1) is 12.7. The molecule has 2 N–H and O–H groups in total. The number of rotatable bonds is 3. The van der Waals surface area contributed by atoms with E-state index >= 15 is 0 Å². The quantitative estimate of drug-likeness (QED) is 0.939. The Morgan fingerprint density at radius 1 is 1.35 bits per heavy atom. The standard InChI is InChI=1S/C13H15BrN2S/c1-8-3-4-10(9(2)7-8)13-16-12(14)11(17-13)5-6-15/h3-4,7H,5-6,15H2,1-2H3. The fourth-order valence-electron chi connectivity index (χ4n) is 1.79. The van der Waals surface area contributed by atoms with Crippen LogP contribution in [0.1, 0.15) is 16.0 Å². The summed E-state index contributed by atoms with van der Waals surface area (Å²) in [5.74, 6) is 0. The maximum Gasteiger partial charge on any atom is 0.125 e. The highest BCUT2D eigenvalue weighted by atomic mass is 79.9. The van der Waals surface area contributed by atoms with E-state index in [1.807, 2.05) is 0 Å². The van der Waals surface area contributed by atoms with Gasteiger partial charge in [0, 0.05) is 10.4 Å². The Bertz CT molecular complexity index is 534. The summed E-state index contributed by atoms with van der Waals surface area (Å²) in [6.07, 6.45) is 0.878. The van der Waals surface area contributed by atoms with Gasteiger partial charge in [-0.15, -0.1) is 11.3 Å². The second-order valence-corrected chi connectivity index (χ2v) is 5.92. The third kappa shape index (κ3) is 2.76. The van der Waals surface area contributed by atoms with Gasteiger partial charge in [-0.2, -0.15) is 0 Å². The van der Waals surface area contributed by atoms with Gasteiger partial charge in [-0.05, 0) is 48.3 Å². The summed E-state index contributed by atoms with van der Waals surface area (Å²) in [7, 11) is 0. The molecule has 2 nitrogen and oxygen atoms in total. The number of aromatic nitrogens is 1. The average molecular weight is 311 g/mol. The molecule has 0 aliphatic heterocycles. The summed E-state index contributed by atoms with van der Waals surface area (Å²) in [5.41, 5.74) is 9.35. The Labute approximate surface area is 114 Å². The summed E-state index contributed by atoms with van der Waals surface area (Å²) in [6, 6.07) is 6.45. The molecule has 0 atom stereocenters. The largest absolute Gasteiger partial charge is 0.330 e. The second kappa shape index (κ2) is 5.29. The van der Waals surface area contributed by atoms with E-state index in [-0.39, 0.29) is 0 Å². The van der Waals surface area contributed by atoms with Crippen molar-refractivity contribution in [2.45, 2.75) is 20.3 Å². The number of aryl methyl sites for hydroxylation is 2. The molecule has 1 aromatic heterocycles. The van der Waals surface area contributed by atoms with E-state index in [0.29, 0.717) is 6.54 Å². The van der Waals surface area contributed by atoms with Crippen molar-refractivity contribution in [3.8, 4) is 10.6 Å². The van der Waals surface area contributed by atoms with Crippen LogP contribution < -0.4 is 5.73 Å². The molecule has 0 aliphatic carbocycles. The highest BCUT2D eigenvalue weighted by Gasteiger charge is 2.11. The number of halogens is 1. The lowest BCUT2D eigenvalue weighted by Gasteiger charge is -2.02. The van der Waals surface area contributed by atoms with Gasteiger partial charge in [0.2, 0.25) is 0 Å². The molecular weight excluding hydrogens is 296 g/mol. The van der Waals surface area contributed by atoms with Crippen molar-refractivity contribution in [2.75, 3.05) is 6.54 Å². The van der Waals surface area contributed by atoms with Gasteiger partial charge < -0.3 is 5.73 Å². The normalized spacial score (nSPS) is 10.8. The number of thiazole rings is 1. The van der Waals surface area contributed by atoms with Crippen molar-refractivity contribution in [3.05, 3.63) is 38.8 Å². The van der Waals surface area contributed by atoms with Crippen LogP contribution in [0.15, 0.2) is 22.8 Å². The minimum atomic E-state index is 0.660. The van der Waals surface area contributed by atoms with Gasteiger partial charge in [0.25, 0.3) is 0 Å². The molecule has 0 bridgehead atoms. The van der Waals surface area contributed by atoms with Crippen LogP contribution in [-0.2, 0) is 6.42 Å². The molecule has 0 unspecified atom stereocenters. The minimum Gasteiger partial charge on any atom is -0.330 e. The van der Waals surface area contributed by atoms with E-state index in [2.05, 4.69) is 53.0 Å². The van der Waals surface area contributed by atoms with E-state index in [9.17, 15) is 0 Å². The van der Waals surface area contributed by atoms with Crippen LogP contribution in [0.2, 0.25) is 0 Å². The first-order valence-electron chi connectivity index (χ1n) is 5.54. The van der Waals surface area contributed by atoms with Crippen LogP contribution in [0.5, 0.6) is 0 Å². The highest BCUT2D eigenvalue weighted by molar-refractivity contribution is 9.10. The van der Waals surface area contributed by atoms with Gasteiger partial charge in [0.1, 0.15) is 9.61 Å². The first-order valence-corrected chi connectivity index (χ1v) is 7.15. The van der Waals surface area contributed by atoms with Gasteiger partial charge >= 0.3 is 0 Å². The van der Waals surface area contributed by atoms with Crippen molar-refractivity contribution >= 4 is 27.3 Å². The third-order valence-electron chi connectivity index (χ3n) is 2.63. The van der Waals surface area contributed by atoms with Gasteiger partial charge in [-0.25, -0.2) is 4.98 Å². The van der Waals surface area contributed by atoms with Crippen molar-refractivity contribution in [1.82, 2.24) is 4.98 Å². The number of nitrogens with zero attached hydrogens (tertiary/aromatic N) is 1. The van der Waals surface area contributed by atoms with Crippen molar-refractivity contribution < 1.29 is 0 Å². The molecule has 4 heteroatoms. The Hall–Kier alpha value is -0.710. The third-order valence-corrected chi connectivity index (χ3v) is 4.70. The van der Waals surface area contributed by atoms with Crippen molar-refractivity contribution in [2.24, 2.45) is 5.73 Å². The number of hydrogen-bond acceptors (Lipinski definition) is 3. The lowest BCUT2D eigenvalue weighted by atomic mass is 10.1. The maximum atomic E-state index is 5.59. The van der Waals surface area contributed by atoms with Crippen molar-refractivity contribution in [3.63, 3.8) is 0 Å². The summed E-state index contributed by atoms with van der Waals surface area (Å²) in [6.45, 7) is 4.89. The van der Waals surface area contributed by atoms with Crippen LogP contribution >= 0.6 is 27.3 Å². The topological polar surface area (TPSA) is 38.9 Å². The maximum absolute atomic E-state index is 5.59. The first-order chi connectivity index (χ1) is 8.11. The minimum absolute atomic E-state index is 0.660. The smallest absolute Gasteiger partial charge is 0.125 e. The Morgan fingerprint density at radius 3 is 2.76 bits per heavy atom. The predicted molar refractivity (Wildman–Crippen MR) is 77.5 cm³/mol. The van der Waals surface area contributed by atoms with Crippen LogP contribution in [0.3, 0.4) is 0 Å². The molecule has 0 spiro atoms. The van der Waals surface area contributed by atoms with Crippen LogP contribution in [-0.4, -0.2) is 11.5 Å². The number of nitrogens with two attached hydrogens (primary N) is 1. The van der Waals surface area contributed by atoms with E-state index in [1.54, 1.807) is 11.3 Å². The lowest BCUT2D eigenvalue weighted by molar-refractivity contribution is 0.977. The van der Waals surface area contributed by atoms with E-state index in [1.165, 1.54) is 21.6 Å². The zero-order chi connectivity index (χ0) is 12.4. The van der Waals surface area contributed by atoms with E-state index in [0.717, 1.165) is 16.0 Å². The summed E-state index contributed by atoms with van der Waals surface area (Å²) in [4.78, 5) is 5.79. The highest BCUT2D eigenvalue weighted by Crippen LogP contribution is 2.33. The number of hydrogen-bond donors (Lipinski definition) is 1. The van der Waals surface area contributed by atoms with Crippen LogP contribution in [0.4, 0.5) is 0 Å². The summed E-state index contributed by atoms with van der Waals surface area (Å²) >= 11 is 5.22. The molecular formula is C13H15BrN2S. The molecule has 90 valence electrons.